The molecule has 1 aromatic rings. The number of aliphatic carboxylic acids is 1. The molecular formula is C20H25N3O3S2. The van der Waals surface area contributed by atoms with Crippen LogP contribution in [0.25, 0.3) is 0 Å². The van der Waals surface area contributed by atoms with Crippen LogP contribution in [0.15, 0.2) is 58.1 Å². The molecule has 1 aromatic carbocycles. The van der Waals surface area contributed by atoms with Gasteiger partial charge in [0.05, 0.1) is 0 Å². The molecule has 0 unspecified atom stereocenters. The van der Waals surface area contributed by atoms with Gasteiger partial charge in [-0.25, -0.2) is 0 Å². The fraction of sp³-hybridized carbons (Fsp3) is 0.300. The third kappa shape index (κ3) is 8.60. The number of nitrogens with zero attached hydrogens (tertiary/aromatic N) is 1. The summed E-state index contributed by atoms with van der Waals surface area (Å²) in [5.41, 5.74) is 6.86. The summed E-state index contributed by atoms with van der Waals surface area (Å²) < 4.78 is 0. The first-order valence-electron chi connectivity index (χ1n) is 8.74. The smallest absolute Gasteiger partial charge is 0.320 e. The van der Waals surface area contributed by atoms with Crippen LogP contribution in [0, 0.1) is 0 Å². The summed E-state index contributed by atoms with van der Waals surface area (Å²) in [5.74, 6) is -0.986. The Balaban J connectivity index is 2.62. The van der Waals surface area contributed by atoms with Crippen LogP contribution in [0.3, 0.4) is 0 Å². The van der Waals surface area contributed by atoms with Crippen molar-refractivity contribution in [1.82, 2.24) is 5.32 Å². The van der Waals surface area contributed by atoms with E-state index >= 15 is 0 Å². The zero-order valence-electron chi connectivity index (χ0n) is 15.8. The molecule has 0 aliphatic carbocycles. The van der Waals surface area contributed by atoms with Crippen molar-refractivity contribution < 1.29 is 14.7 Å². The van der Waals surface area contributed by atoms with Gasteiger partial charge in [0.2, 0.25) is 5.12 Å². The molecular weight excluding hydrogens is 394 g/mol. The molecule has 8 heteroatoms. The molecule has 0 saturated heterocycles. The van der Waals surface area contributed by atoms with Crippen LogP contribution in [0.4, 0.5) is 0 Å². The molecule has 0 heterocycles. The lowest BCUT2D eigenvalue weighted by atomic mass is 10.1. The number of thioether (sulfide) groups is 1. The van der Waals surface area contributed by atoms with Crippen molar-refractivity contribution in [2.24, 2.45) is 10.7 Å². The number of allylic oxidation sites excluding steroid dienone is 2. The Kier molecular flexibility index (Phi) is 11.0. The van der Waals surface area contributed by atoms with Gasteiger partial charge in [-0.2, -0.15) is 0 Å². The van der Waals surface area contributed by atoms with Gasteiger partial charge in [-0.3, -0.25) is 14.6 Å². The van der Waals surface area contributed by atoms with Gasteiger partial charge in [0.15, 0.2) is 0 Å². The molecule has 0 spiro atoms. The van der Waals surface area contributed by atoms with Crippen molar-refractivity contribution in [2.45, 2.75) is 37.1 Å². The van der Waals surface area contributed by atoms with E-state index in [-0.39, 0.29) is 5.12 Å². The number of benzene rings is 1. The highest BCUT2D eigenvalue weighted by atomic mass is 32.2. The molecule has 0 radical (unpaired) electrons. The number of hydrogen-bond donors (Lipinski definition) is 3. The maximum atomic E-state index is 12.4. The van der Waals surface area contributed by atoms with Gasteiger partial charge >= 0.3 is 5.97 Å². The van der Waals surface area contributed by atoms with E-state index < -0.39 is 12.0 Å². The molecule has 0 aromatic heterocycles. The van der Waals surface area contributed by atoms with E-state index in [1.54, 1.807) is 19.1 Å². The number of nitrogens with two attached hydrogens (primary N) is 1. The SMILES string of the molecule is C=N/C=C\C=C(/C)C(=O)Sc1ccccc1C(=S)NCCCC[C@H](N)C(=O)O. The molecule has 1 atom stereocenters. The highest BCUT2D eigenvalue weighted by Crippen LogP contribution is 2.26. The number of aliphatic imine (C=N–C) groups is 1. The maximum absolute atomic E-state index is 12.4. The summed E-state index contributed by atoms with van der Waals surface area (Å²) in [6.07, 6.45) is 6.72. The minimum atomic E-state index is -0.986. The van der Waals surface area contributed by atoms with E-state index in [9.17, 15) is 9.59 Å². The molecule has 28 heavy (non-hydrogen) atoms. The van der Waals surface area contributed by atoms with Gasteiger partial charge in [0.25, 0.3) is 0 Å². The number of carboxylic acid groups (broad SMARTS) is 1. The number of hydrogen-bond acceptors (Lipinski definition) is 6. The van der Waals surface area contributed by atoms with Crippen molar-refractivity contribution in [2.75, 3.05) is 6.54 Å². The largest absolute Gasteiger partial charge is 0.480 e. The lowest BCUT2D eigenvalue weighted by molar-refractivity contribution is -0.138. The molecule has 0 amide bonds. The fourth-order valence-corrected chi connectivity index (χ4v) is 3.35. The van der Waals surface area contributed by atoms with Crippen molar-refractivity contribution in [3.8, 4) is 0 Å². The van der Waals surface area contributed by atoms with Crippen molar-refractivity contribution in [3.05, 3.63) is 53.8 Å². The summed E-state index contributed by atoms with van der Waals surface area (Å²) in [4.78, 5) is 28.0. The van der Waals surface area contributed by atoms with Crippen molar-refractivity contribution >= 4 is 46.8 Å². The van der Waals surface area contributed by atoms with Crippen LogP contribution >= 0.6 is 24.0 Å². The number of carboxylic acids is 1. The van der Waals surface area contributed by atoms with Crippen LogP contribution in [0.1, 0.15) is 31.7 Å². The average molecular weight is 420 g/mol. The van der Waals surface area contributed by atoms with Gasteiger partial charge in [0.1, 0.15) is 11.0 Å². The van der Waals surface area contributed by atoms with Gasteiger partial charge in [-0.15, -0.1) is 0 Å². The Morgan fingerprint density at radius 2 is 2.11 bits per heavy atom. The molecule has 0 bridgehead atoms. The molecule has 1 rings (SSSR count). The second-order valence-electron chi connectivity index (χ2n) is 5.96. The quantitative estimate of drug-likeness (QED) is 0.126. The third-order valence-electron chi connectivity index (χ3n) is 3.74. The Labute approximate surface area is 175 Å². The van der Waals surface area contributed by atoms with E-state index in [1.165, 1.54) is 6.20 Å². The third-order valence-corrected chi connectivity index (χ3v) is 5.19. The highest BCUT2D eigenvalue weighted by molar-refractivity contribution is 8.14. The Bertz CT molecular complexity index is 776. The Morgan fingerprint density at radius 3 is 2.79 bits per heavy atom. The molecule has 4 N–H and O–H groups in total. The summed E-state index contributed by atoms with van der Waals surface area (Å²) in [7, 11) is 0. The van der Waals surface area contributed by atoms with E-state index in [0.29, 0.717) is 29.9 Å². The second-order valence-corrected chi connectivity index (χ2v) is 7.38. The van der Waals surface area contributed by atoms with Crippen molar-refractivity contribution in [1.29, 1.82) is 0 Å². The molecule has 0 aliphatic rings. The Morgan fingerprint density at radius 1 is 1.39 bits per heavy atom. The monoisotopic (exact) mass is 419 g/mol. The van der Waals surface area contributed by atoms with E-state index in [2.05, 4.69) is 17.0 Å². The van der Waals surface area contributed by atoms with E-state index in [0.717, 1.165) is 28.6 Å². The van der Waals surface area contributed by atoms with Gasteiger partial charge in [-0.05, 0) is 56.8 Å². The topological polar surface area (TPSA) is 105 Å². The molecule has 0 fully saturated rings. The van der Waals surface area contributed by atoms with Crippen LogP contribution in [0.2, 0.25) is 0 Å². The zero-order valence-corrected chi connectivity index (χ0v) is 17.4. The number of unbranched alkanes of at least 4 members (excludes halogenated alkanes) is 1. The lowest BCUT2D eigenvalue weighted by Crippen LogP contribution is -2.30. The van der Waals surface area contributed by atoms with Gasteiger partial charge in [-0.1, -0.05) is 36.5 Å². The molecule has 6 nitrogen and oxygen atoms in total. The number of carbonyl (C=O) groups excluding carboxylic acids is 1. The number of rotatable bonds is 11. The summed E-state index contributed by atoms with van der Waals surface area (Å²) >= 11 is 6.57. The first-order chi connectivity index (χ1) is 13.4. The highest BCUT2D eigenvalue weighted by Gasteiger charge is 2.13. The fourth-order valence-electron chi connectivity index (χ4n) is 2.15. The van der Waals surface area contributed by atoms with Crippen LogP contribution < -0.4 is 11.1 Å². The maximum Gasteiger partial charge on any atom is 0.320 e. The van der Waals surface area contributed by atoms with Crippen molar-refractivity contribution in [3.63, 3.8) is 0 Å². The minimum absolute atomic E-state index is 0.0772. The van der Waals surface area contributed by atoms with E-state index in [4.69, 9.17) is 23.1 Å². The Hall–Kier alpha value is -2.29. The summed E-state index contributed by atoms with van der Waals surface area (Å²) in [6.45, 7) is 5.69. The van der Waals surface area contributed by atoms with Crippen LogP contribution in [-0.4, -0.2) is 40.5 Å². The second kappa shape index (κ2) is 13.0. The minimum Gasteiger partial charge on any atom is -0.480 e. The summed E-state index contributed by atoms with van der Waals surface area (Å²) in [6, 6.07) is 6.61. The molecule has 0 saturated carbocycles. The lowest BCUT2D eigenvalue weighted by Gasteiger charge is -2.12. The average Bonchev–Trinajstić information content (AvgIpc) is 2.67. The normalized spacial score (nSPS) is 12.6. The molecule has 150 valence electrons. The zero-order chi connectivity index (χ0) is 20.9. The van der Waals surface area contributed by atoms with Gasteiger partial charge in [0, 0.05) is 28.8 Å². The number of nitrogens with one attached hydrogen (secondary N) is 1. The molecule has 0 aliphatic heterocycles. The standard InChI is InChI=1S/C20H25N3O3S2/c1-14(8-7-12-22-2)20(26)28-17-11-4-3-9-15(17)18(27)23-13-6-5-10-16(21)19(24)25/h3-4,7-9,11-12,16H,2,5-6,10,13,21H2,1H3,(H,23,27)(H,24,25)/b12-7-,14-8+/t16-/m0/s1. The van der Waals surface area contributed by atoms with E-state index in [1.807, 2.05) is 24.3 Å². The number of thiocarbonyl (C=S) groups is 1. The first-order valence-corrected chi connectivity index (χ1v) is 9.96. The summed E-state index contributed by atoms with van der Waals surface area (Å²) in [5, 5.41) is 11.9. The van der Waals surface area contributed by atoms with Crippen LogP contribution in [0.5, 0.6) is 0 Å². The van der Waals surface area contributed by atoms with Gasteiger partial charge < -0.3 is 16.2 Å². The number of carbonyl (C=O) groups is 2. The predicted octanol–water partition coefficient (Wildman–Crippen LogP) is 3.31. The predicted molar refractivity (Wildman–Crippen MR) is 119 cm³/mol. The first kappa shape index (κ1) is 23.7. The van der Waals surface area contributed by atoms with Crippen LogP contribution in [-0.2, 0) is 9.59 Å².